The van der Waals surface area contributed by atoms with Crippen molar-refractivity contribution in [3.8, 4) is 12.3 Å². The third-order valence-corrected chi connectivity index (χ3v) is 2.59. The van der Waals surface area contributed by atoms with Gasteiger partial charge in [0.2, 0.25) is 5.91 Å². The van der Waals surface area contributed by atoms with E-state index in [2.05, 4.69) is 10.9 Å². The highest BCUT2D eigenvalue weighted by molar-refractivity contribution is 5.97. The SMILES string of the molecule is C#CC1CC(=O)N(c2cccnc2[N+](=O)[O-])C1. The molecule has 0 aromatic carbocycles. The molecule has 1 atom stereocenters. The van der Waals surface area contributed by atoms with Gasteiger partial charge in [-0.15, -0.1) is 12.3 Å². The molecule has 0 bridgehead atoms. The van der Waals surface area contributed by atoms with Crippen LogP contribution < -0.4 is 4.90 Å². The van der Waals surface area contributed by atoms with Crippen LogP contribution in [0.5, 0.6) is 0 Å². The molecule has 2 rings (SSSR count). The summed E-state index contributed by atoms with van der Waals surface area (Å²) >= 11 is 0. The largest absolute Gasteiger partial charge is 0.387 e. The highest BCUT2D eigenvalue weighted by Gasteiger charge is 2.33. The second-order valence-electron chi connectivity index (χ2n) is 3.68. The van der Waals surface area contributed by atoms with E-state index in [1.807, 2.05) is 0 Å². The molecule has 0 radical (unpaired) electrons. The van der Waals surface area contributed by atoms with Gasteiger partial charge in [-0.2, -0.15) is 0 Å². The Hall–Kier alpha value is -2.42. The minimum atomic E-state index is -0.605. The molecule has 1 aliphatic heterocycles. The predicted octanol–water partition coefficient (Wildman–Crippen LogP) is 0.976. The molecule has 2 heterocycles. The molecule has 1 amide bonds. The number of anilines is 1. The Kier molecular flexibility index (Phi) is 2.75. The molecule has 1 fully saturated rings. The second-order valence-corrected chi connectivity index (χ2v) is 3.68. The maximum Gasteiger partial charge on any atom is 0.387 e. The molecule has 6 heteroatoms. The third-order valence-electron chi connectivity index (χ3n) is 2.59. The number of carbonyl (C=O) groups is 1. The number of hydrogen-bond acceptors (Lipinski definition) is 4. The zero-order chi connectivity index (χ0) is 12.4. The lowest BCUT2D eigenvalue weighted by Gasteiger charge is -2.14. The third kappa shape index (κ3) is 1.95. The molecule has 17 heavy (non-hydrogen) atoms. The molecule has 0 aliphatic carbocycles. The van der Waals surface area contributed by atoms with E-state index in [9.17, 15) is 14.9 Å². The number of nitro groups is 1. The molecule has 1 aliphatic rings. The lowest BCUT2D eigenvalue weighted by atomic mass is 10.1. The fourth-order valence-electron chi connectivity index (χ4n) is 1.79. The van der Waals surface area contributed by atoms with E-state index in [4.69, 9.17) is 6.42 Å². The summed E-state index contributed by atoms with van der Waals surface area (Å²) in [5, 5.41) is 10.8. The van der Waals surface area contributed by atoms with Gasteiger partial charge in [-0.25, -0.2) is 0 Å². The molecule has 0 saturated carbocycles. The summed E-state index contributed by atoms with van der Waals surface area (Å²) in [6.07, 6.45) is 6.80. The van der Waals surface area contributed by atoms with Crippen LogP contribution in [-0.2, 0) is 4.79 Å². The van der Waals surface area contributed by atoms with Crippen molar-refractivity contribution in [2.75, 3.05) is 11.4 Å². The minimum absolute atomic E-state index is 0.192. The lowest BCUT2D eigenvalue weighted by Crippen LogP contribution is -2.25. The van der Waals surface area contributed by atoms with E-state index in [1.54, 1.807) is 6.07 Å². The van der Waals surface area contributed by atoms with Gasteiger partial charge in [0.15, 0.2) is 0 Å². The van der Waals surface area contributed by atoms with Gasteiger partial charge >= 0.3 is 5.82 Å². The van der Waals surface area contributed by atoms with Crippen molar-refractivity contribution >= 4 is 17.4 Å². The molecule has 1 aromatic heterocycles. The van der Waals surface area contributed by atoms with Gasteiger partial charge in [-0.1, -0.05) is 0 Å². The Balaban J connectivity index is 2.39. The first kappa shape index (κ1) is 11.1. The smallest absolute Gasteiger partial charge is 0.358 e. The van der Waals surface area contributed by atoms with E-state index in [1.165, 1.54) is 17.2 Å². The first-order valence-electron chi connectivity index (χ1n) is 4.99. The molecule has 1 saturated heterocycles. The van der Waals surface area contributed by atoms with Crippen LogP contribution in [0.2, 0.25) is 0 Å². The quantitative estimate of drug-likeness (QED) is 0.432. The summed E-state index contributed by atoms with van der Waals surface area (Å²) in [5.74, 6) is 1.77. The van der Waals surface area contributed by atoms with E-state index < -0.39 is 4.92 Å². The number of carbonyl (C=O) groups excluding carboxylic acids is 1. The van der Waals surface area contributed by atoms with E-state index in [0.717, 1.165) is 0 Å². The molecule has 6 nitrogen and oxygen atoms in total. The normalized spacial score (nSPS) is 19.1. The van der Waals surface area contributed by atoms with Crippen molar-refractivity contribution in [1.29, 1.82) is 0 Å². The van der Waals surface area contributed by atoms with Crippen molar-refractivity contribution in [3.63, 3.8) is 0 Å². The zero-order valence-corrected chi connectivity index (χ0v) is 8.87. The zero-order valence-electron chi connectivity index (χ0n) is 8.87. The van der Waals surface area contributed by atoms with E-state index in [0.29, 0.717) is 6.54 Å². The van der Waals surface area contributed by atoms with Crippen LogP contribution in [-0.4, -0.2) is 22.4 Å². The summed E-state index contributed by atoms with van der Waals surface area (Å²) < 4.78 is 0. The maximum atomic E-state index is 11.7. The van der Waals surface area contributed by atoms with Gasteiger partial charge in [0.25, 0.3) is 0 Å². The first-order chi connectivity index (χ1) is 8.13. The number of pyridine rings is 1. The Morgan fingerprint density at radius 2 is 2.41 bits per heavy atom. The molecule has 1 aromatic rings. The average Bonchev–Trinajstić information content (AvgIpc) is 2.70. The van der Waals surface area contributed by atoms with Crippen LogP contribution in [0.3, 0.4) is 0 Å². The minimum Gasteiger partial charge on any atom is -0.358 e. The molecule has 86 valence electrons. The summed E-state index contributed by atoms with van der Waals surface area (Å²) in [4.78, 5) is 26.9. The fraction of sp³-hybridized carbons (Fsp3) is 0.273. The van der Waals surface area contributed by atoms with Crippen LogP contribution in [0.15, 0.2) is 18.3 Å². The summed E-state index contributed by atoms with van der Waals surface area (Å²) in [6.45, 7) is 0.307. The number of nitrogens with zero attached hydrogens (tertiary/aromatic N) is 3. The van der Waals surface area contributed by atoms with Crippen molar-refractivity contribution in [2.24, 2.45) is 5.92 Å². The monoisotopic (exact) mass is 231 g/mol. The van der Waals surface area contributed by atoms with E-state index in [-0.39, 0.29) is 29.8 Å². The predicted molar refractivity (Wildman–Crippen MR) is 60.2 cm³/mol. The van der Waals surface area contributed by atoms with E-state index >= 15 is 0 Å². The topological polar surface area (TPSA) is 76.3 Å². The second kappa shape index (κ2) is 4.22. The molecule has 0 spiro atoms. The fourth-order valence-corrected chi connectivity index (χ4v) is 1.79. The van der Waals surface area contributed by atoms with Crippen molar-refractivity contribution in [1.82, 2.24) is 4.98 Å². The van der Waals surface area contributed by atoms with Crippen LogP contribution in [0.1, 0.15) is 6.42 Å². The maximum absolute atomic E-state index is 11.7. The van der Waals surface area contributed by atoms with Crippen molar-refractivity contribution < 1.29 is 9.72 Å². The van der Waals surface area contributed by atoms with Crippen molar-refractivity contribution in [2.45, 2.75) is 6.42 Å². The van der Waals surface area contributed by atoms with Gasteiger partial charge < -0.3 is 15.0 Å². The number of hydrogen-bond donors (Lipinski definition) is 0. The Morgan fingerprint density at radius 1 is 1.65 bits per heavy atom. The summed E-state index contributed by atoms with van der Waals surface area (Å²) in [6, 6.07) is 3.06. The number of terminal acetylenes is 1. The number of aromatic nitrogens is 1. The van der Waals surface area contributed by atoms with Gasteiger partial charge in [-0.3, -0.25) is 4.79 Å². The van der Waals surface area contributed by atoms with Crippen LogP contribution in [0, 0.1) is 28.4 Å². The summed E-state index contributed by atoms with van der Waals surface area (Å²) in [7, 11) is 0. The average molecular weight is 231 g/mol. The van der Waals surface area contributed by atoms with Crippen molar-refractivity contribution in [3.05, 3.63) is 28.4 Å². The first-order valence-corrected chi connectivity index (χ1v) is 4.99. The Morgan fingerprint density at radius 3 is 3.00 bits per heavy atom. The van der Waals surface area contributed by atoms with Gasteiger partial charge in [0.1, 0.15) is 11.9 Å². The summed E-state index contributed by atoms with van der Waals surface area (Å²) in [5.41, 5.74) is 0.209. The van der Waals surface area contributed by atoms with Crippen LogP contribution in [0.25, 0.3) is 0 Å². The van der Waals surface area contributed by atoms with Crippen LogP contribution >= 0.6 is 0 Å². The molecular formula is C11H9N3O3. The lowest BCUT2D eigenvalue weighted by molar-refractivity contribution is -0.388. The molecule has 1 unspecified atom stereocenters. The van der Waals surface area contributed by atoms with Gasteiger partial charge in [0.05, 0.1) is 0 Å². The molecule has 0 N–H and O–H groups in total. The standard InChI is InChI=1S/C11H9N3O3/c1-2-8-6-10(15)13(7-8)9-4-3-5-12-11(9)14(16)17/h1,3-5,8H,6-7H2. The van der Waals surface area contributed by atoms with Gasteiger partial charge in [-0.05, 0) is 22.0 Å². The number of amides is 1. The van der Waals surface area contributed by atoms with Gasteiger partial charge in [0, 0.05) is 18.9 Å². The highest BCUT2D eigenvalue weighted by atomic mass is 16.6. The van der Waals surface area contributed by atoms with Crippen LogP contribution in [0.4, 0.5) is 11.5 Å². The number of rotatable bonds is 2. The highest BCUT2D eigenvalue weighted by Crippen LogP contribution is 2.30. The molecular weight excluding hydrogens is 222 g/mol. The Bertz CT molecular complexity index is 521. The Labute approximate surface area is 97.4 Å².